The number of anilines is 1. The quantitative estimate of drug-likeness (QED) is 0.905. The lowest BCUT2D eigenvalue weighted by molar-refractivity contribution is 0.607. The summed E-state index contributed by atoms with van der Waals surface area (Å²) in [6.07, 6.45) is 4.02. The standard InChI is InChI=1S/C16H19N3O2S/c1-10-5-12(7-13(6-10)19-22(2,20)21)16-4-3-11(9-18-16)14-8-15(14)17/h3-7,9,14-15,19H,8,17H2,1-2H3/t14-,15+/m1/s1. The number of rotatable bonds is 4. The van der Waals surface area contributed by atoms with Crippen molar-refractivity contribution < 1.29 is 8.42 Å². The van der Waals surface area contributed by atoms with Crippen LogP contribution in [0.3, 0.4) is 0 Å². The Morgan fingerprint density at radius 1 is 1.27 bits per heavy atom. The van der Waals surface area contributed by atoms with Crippen molar-refractivity contribution in [2.24, 2.45) is 5.73 Å². The van der Waals surface area contributed by atoms with Crippen molar-refractivity contribution in [1.82, 2.24) is 4.98 Å². The molecule has 22 heavy (non-hydrogen) atoms. The van der Waals surface area contributed by atoms with Crippen LogP contribution in [0.4, 0.5) is 5.69 Å². The summed E-state index contributed by atoms with van der Waals surface area (Å²) in [5.41, 5.74) is 10.2. The normalized spacial score (nSPS) is 20.7. The molecule has 3 N–H and O–H groups in total. The lowest BCUT2D eigenvalue weighted by Gasteiger charge is -2.09. The first-order valence-corrected chi connectivity index (χ1v) is 9.02. The summed E-state index contributed by atoms with van der Waals surface area (Å²) in [6, 6.07) is 9.84. The van der Waals surface area contributed by atoms with Crippen LogP contribution in [-0.4, -0.2) is 25.7 Å². The Kier molecular flexibility index (Phi) is 3.66. The Labute approximate surface area is 130 Å². The van der Waals surface area contributed by atoms with E-state index in [0.29, 0.717) is 11.6 Å². The third-order valence-electron chi connectivity index (χ3n) is 3.73. The lowest BCUT2D eigenvalue weighted by atomic mass is 10.1. The number of nitrogens with two attached hydrogens (primary N) is 1. The van der Waals surface area contributed by atoms with Crippen LogP contribution in [0.15, 0.2) is 36.5 Å². The Bertz CT molecular complexity index is 801. The van der Waals surface area contributed by atoms with Crippen LogP contribution in [-0.2, 0) is 10.0 Å². The number of aryl methyl sites for hydroxylation is 1. The van der Waals surface area contributed by atoms with Gasteiger partial charge in [0.05, 0.1) is 11.9 Å². The van der Waals surface area contributed by atoms with Crippen molar-refractivity contribution in [1.29, 1.82) is 0 Å². The van der Waals surface area contributed by atoms with Gasteiger partial charge in [0.15, 0.2) is 0 Å². The second-order valence-electron chi connectivity index (χ2n) is 5.94. The van der Waals surface area contributed by atoms with Crippen LogP contribution in [0.5, 0.6) is 0 Å². The molecule has 0 unspecified atom stereocenters. The van der Waals surface area contributed by atoms with Crippen molar-refractivity contribution in [2.75, 3.05) is 11.0 Å². The third-order valence-corrected chi connectivity index (χ3v) is 4.34. The maximum absolute atomic E-state index is 11.4. The Morgan fingerprint density at radius 2 is 2.00 bits per heavy atom. The van der Waals surface area contributed by atoms with Crippen molar-refractivity contribution >= 4 is 15.7 Å². The highest BCUT2D eigenvalue weighted by Crippen LogP contribution is 2.39. The third kappa shape index (κ3) is 3.45. The molecule has 1 aliphatic carbocycles. The molecule has 116 valence electrons. The highest BCUT2D eigenvalue weighted by molar-refractivity contribution is 7.92. The predicted octanol–water partition coefficient (Wildman–Crippen LogP) is 2.24. The number of aromatic nitrogens is 1. The van der Waals surface area contributed by atoms with Gasteiger partial charge >= 0.3 is 0 Å². The first-order valence-electron chi connectivity index (χ1n) is 7.13. The molecule has 1 saturated carbocycles. The van der Waals surface area contributed by atoms with E-state index in [0.717, 1.165) is 29.5 Å². The molecule has 2 aromatic rings. The zero-order valence-corrected chi connectivity index (χ0v) is 13.4. The summed E-state index contributed by atoms with van der Waals surface area (Å²) in [5, 5.41) is 0. The van der Waals surface area contributed by atoms with Gasteiger partial charge in [-0.05, 0) is 48.7 Å². The van der Waals surface area contributed by atoms with E-state index in [4.69, 9.17) is 5.73 Å². The van der Waals surface area contributed by atoms with Gasteiger partial charge in [0.1, 0.15) is 0 Å². The van der Waals surface area contributed by atoms with Crippen LogP contribution in [0.2, 0.25) is 0 Å². The lowest BCUT2D eigenvalue weighted by Crippen LogP contribution is -2.09. The molecule has 1 heterocycles. The van der Waals surface area contributed by atoms with E-state index in [1.54, 1.807) is 12.1 Å². The molecular weight excluding hydrogens is 298 g/mol. The molecule has 1 fully saturated rings. The molecule has 0 saturated heterocycles. The predicted molar refractivity (Wildman–Crippen MR) is 88.2 cm³/mol. The summed E-state index contributed by atoms with van der Waals surface area (Å²) >= 11 is 0. The fourth-order valence-corrected chi connectivity index (χ4v) is 3.14. The second kappa shape index (κ2) is 5.37. The minimum atomic E-state index is -3.29. The fourth-order valence-electron chi connectivity index (χ4n) is 2.60. The molecule has 0 spiro atoms. The maximum atomic E-state index is 11.4. The molecule has 1 aliphatic rings. The van der Waals surface area contributed by atoms with Gasteiger partial charge in [-0.2, -0.15) is 0 Å². The molecule has 0 amide bonds. The van der Waals surface area contributed by atoms with Gasteiger partial charge in [-0.15, -0.1) is 0 Å². The molecule has 2 atom stereocenters. The average Bonchev–Trinajstić information content (AvgIpc) is 3.13. The van der Waals surface area contributed by atoms with Gasteiger partial charge < -0.3 is 5.73 Å². The summed E-state index contributed by atoms with van der Waals surface area (Å²) in [4.78, 5) is 4.49. The molecule has 0 radical (unpaired) electrons. The number of sulfonamides is 1. The van der Waals surface area contributed by atoms with Crippen molar-refractivity contribution in [3.8, 4) is 11.3 Å². The van der Waals surface area contributed by atoms with Gasteiger partial charge in [-0.25, -0.2) is 8.42 Å². The van der Waals surface area contributed by atoms with E-state index in [-0.39, 0.29) is 6.04 Å². The average molecular weight is 317 g/mol. The zero-order chi connectivity index (χ0) is 15.9. The smallest absolute Gasteiger partial charge is 0.229 e. The van der Waals surface area contributed by atoms with Gasteiger partial charge in [0.2, 0.25) is 10.0 Å². The molecule has 0 aliphatic heterocycles. The van der Waals surface area contributed by atoms with E-state index < -0.39 is 10.0 Å². The number of hydrogen-bond donors (Lipinski definition) is 2. The largest absolute Gasteiger partial charge is 0.327 e. The van der Waals surface area contributed by atoms with Crippen LogP contribution in [0, 0.1) is 6.92 Å². The maximum Gasteiger partial charge on any atom is 0.229 e. The monoisotopic (exact) mass is 317 g/mol. The number of nitrogens with one attached hydrogen (secondary N) is 1. The molecule has 1 aromatic carbocycles. The summed E-state index contributed by atoms with van der Waals surface area (Å²) in [5.74, 6) is 0.432. The van der Waals surface area contributed by atoms with Crippen molar-refractivity contribution in [2.45, 2.75) is 25.3 Å². The first kappa shape index (κ1) is 15.0. The van der Waals surface area contributed by atoms with Gasteiger partial charge in [0.25, 0.3) is 0 Å². The Morgan fingerprint density at radius 3 is 2.55 bits per heavy atom. The van der Waals surface area contributed by atoms with Gasteiger partial charge in [-0.1, -0.05) is 6.07 Å². The Hall–Kier alpha value is -1.92. The topological polar surface area (TPSA) is 85.1 Å². The highest BCUT2D eigenvalue weighted by Gasteiger charge is 2.34. The molecule has 0 bridgehead atoms. The minimum absolute atomic E-state index is 0.261. The van der Waals surface area contributed by atoms with Gasteiger partial charge in [-0.3, -0.25) is 9.71 Å². The van der Waals surface area contributed by atoms with Crippen LogP contribution < -0.4 is 10.5 Å². The fraction of sp³-hybridized carbons (Fsp3) is 0.312. The minimum Gasteiger partial charge on any atom is -0.327 e. The van der Waals surface area contributed by atoms with E-state index in [9.17, 15) is 8.42 Å². The molecule has 5 nitrogen and oxygen atoms in total. The van der Waals surface area contributed by atoms with Crippen LogP contribution >= 0.6 is 0 Å². The van der Waals surface area contributed by atoms with E-state index in [1.807, 2.05) is 31.3 Å². The highest BCUT2D eigenvalue weighted by atomic mass is 32.2. The SMILES string of the molecule is Cc1cc(NS(C)(=O)=O)cc(-c2ccc([C@H]3C[C@@H]3N)cn2)c1. The second-order valence-corrected chi connectivity index (χ2v) is 7.69. The summed E-state index contributed by atoms with van der Waals surface area (Å²) < 4.78 is 25.3. The van der Waals surface area contributed by atoms with Crippen LogP contribution in [0.1, 0.15) is 23.5 Å². The number of benzene rings is 1. The van der Waals surface area contributed by atoms with E-state index >= 15 is 0 Å². The number of pyridine rings is 1. The summed E-state index contributed by atoms with van der Waals surface area (Å²) in [6.45, 7) is 1.93. The molecular formula is C16H19N3O2S. The van der Waals surface area contributed by atoms with Crippen molar-refractivity contribution in [3.63, 3.8) is 0 Å². The number of hydrogen-bond acceptors (Lipinski definition) is 4. The Balaban J connectivity index is 1.90. The number of nitrogens with zero attached hydrogens (tertiary/aromatic N) is 1. The molecule has 3 rings (SSSR count). The van der Waals surface area contributed by atoms with Crippen LogP contribution in [0.25, 0.3) is 11.3 Å². The first-order chi connectivity index (χ1) is 10.3. The zero-order valence-electron chi connectivity index (χ0n) is 12.6. The van der Waals surface area contributed by atoms with E-state index in [1.165, 1.54) is 5.56 Å². The molecule has 6 heteroatoms. The molecule has 1 aromatic heterocycles. The van der Waals surface area contributed by atoms with Crippen molar-refractivity contribution in [3.05, 3.63) is 47.7 Å². The van der Waals surface area contributed by atoms with E-state index in [2.05, 4.69) is 9.71 Å². The summed E-state index contributed by atoms with van der Waals surface area (Å²) in [7, 11) is -3.29. The van der Waals surface area contributed by atoms with Gasteiger partial charge in [0, 0.05) is 29.4 Å².